The molecule has 2 atom stereocenters. The molecule has 0 aromatic carbocycles. The second-order valence-electron chi connectivity index (χ2n) is 6.40. The maximum Gasteiger partial charge on any atom is 0.257 e. The first kappa shape index (κ1) is 16.6. The van der Waals surface area contributed by atoms with Crippen molar-refractivity contribution in [3.05, 3.63) is 41.9 Å². The summed E-state index contributed by atoms with van der Waals surface area (Å²) in [6.45, 7) is 2.59. The minimum absolute atomic E-state index is 0.0480. The quantitative estimate of drug-likeness (QED) is 0.912. The fourth-order valence-electron chi connectivity index (χ4n) is 3.44. The molecule has 24 heavy (non-hydrogen) atoms. The van der Waals surface area contributed by atoms with Crippen LogP contribution in [0.3, 0.4) is 0 Å². The lowest BCUT2D eigenvalue weighted by Gasteiger charge is -2.23. The number of rotatable bonds is 5. The van der Waals surface area contributed by atoms with Gasteiger partial charge in [-0.3, -0.25) is 4.79 Å². The smallest absolute Gasteiger partial charge is 0.257 e. The number of pyridine rings is 1. The first-order chi connectivity index (χ1) is 11.6. The van der Waals surface area contributed by atoms with E-state index in [2.05, 4.69) is 10.1 Å². The monoisotopic (exact) mass is 328 g/mol. The molecule has 1 N–H and O–H groups in total. The van der Waals surface area contributed by atoms with Crippen molar-refractivity contribution in [1.29, 1.82) is 0 Å². The third-order valence-corrected chi connectivity index (χ3v) is 4.77. The van der Waals surface area contributed by atoms with Gasteiger partial charge in [0.05, 0.1) is 23.6 Å². The Morgan fingerprint density at radius 3 is 2.88 bits per heavy atom. The van der Waals surface area contributed by atoms with Crippen molar-refractivity contribution in [3.63, 3.8) is 0 Å². The zero-order chi connectivity index (χ0) is 17.1. The van der Waals surface area contributed by atoms with Crippen LogP contribution in [0.1, 0.15) is 42.2 Å². The molecule has 1 fully saturated rings. The number of hydrogen-bond acceptors (Lipinski definition) is 4. The number of carbonyl (C=O) groups is 1. The highest BCUT2D eigenvalue weighted by molar-refractivity contribution is 5.95. The predicted molar refractivity (Wildman–Crippen MR) is 91.0 cm³/mol. The molecule has 0 bridgehead atoms. The Hall–Kier alpha value is -2.21. The fourth-order valence-corrected chi connectivity index (χ4v) is 3.44. The number of nitrogens with zero attached hydrogens (tertiary/aromatic N) is 4. The Morgan fingerprint density at radius 1 is 1.42 bits per heavy atom. The molecule has 128 valence electrons. The zero-order valence-corrected chi connectivity index (χ0v) is 14.2. The average molecular weight is 328 g/mol. The number of aliphatic hydroxyl groups excluding tert-OH is 1. The van der Waals surface area contributed by atoms with Crippen molar-refractivity contribution in [3.8, 4) is 5.82 Å². The summed E-state index contributed by atoms with van der Waals surface area (Å²) in [5, 5.41) is 14.3. The summed E-state index contributed by atoms with van der Waals surface area (Å²) in [4.78, 5) is 18.9. The predicted octanol–water partition coefficient (Wildman–Crippen LogP) is 2.06. The molecule has 1 aliphatic carbocycles. The van der Waals surface area contributed by atoms with Crippen LogP contribution in [0.2, 0.25) is 0 Å². The van der Waals surface area contributed by atoms with E-state index in [1.54, 1.807) is 29.0 Å². The summed E-state index contributed by atoms with van der Waals surface area (Å²) in [6, 6.07) is 5.63. The van der Waals surface area contributed by atoms with Gasteiger partial charge in [0, 0.05) is 25.7 Å². The molecule has 6 heteroatoms. The second kappa shape index (κ2) is 7.13. The van der Waals surface area contributed by atoms with Crippen LogP contribution >= 0.6 is 0 Å². The van der Waals surface area contributed by atoms with Gasteiger partial charge >= 0.3 is 0 Å². The molecule has 0 radical (unpaired) electrons. The normalized spacial score (nSPS) is 20.3. The Balaban J connectivity index is 1.81. The van der Waals surface area contributed by atoms with Gasteiger partial charge in [-0.15, -0.1) is 0 Å². The molecule has 1 aliphatic rings. The van der Waals surface area contributed by atoms with Gasteiger partial charge < -0.3 is 10.0 Å². The van der Waals surface area contributed by atoms with E-state index in [9.17, 15) is 9.90 Å². The highest BCUT2D eigenvalue weighted by Gasteiger charge is 2.29. The van der Waals surface area contributed by atoms with Gasteiger partial charge in [-0.2, -0.15) is 5.10 Å². The number of aliphatic hydroxyl groups is 1. The highest BCUT2D eigenvalue weighted by Crippen LogP contribution is 2.26. The summed E-state index contributed by atoms with van der Waals surface area (Å²) in [5.74, 6) is 0.838. The van der Waals surface area contributed by atoms with E-state index in [4.69, 9.17) is 0 Å². The van der Waals surface area contributed by atoms with Crippen molar-refractivity contribution in [1.82, 2.24) is 19.7 Å². The van der Waals surface area contributed by atoms with E-state index in [0.29, 0.717) is 24.3 Å². The summed E-state index contributed by atoms with van der Waals surface area (Å²) in [5.41, 5.74) is 1.47. The molecule has 1 saturated carbocycles. The van der Waals surface area contributed by atoms with Crippen molar-refractivity contribution in [2.45, 2.75) is 38.7 Å². The van der Waals surface area contributed by atoms with E-state index >= 15 is 0 Å². The van der Waals surface area contributed by atoms with Crippen LogP contribution in [-0.2, 0) is 6.42 Å². The van der Waals surface area contributed by atoms with Gasteiger partial charge in [-0.25, -0.2) is 9.67 Å². The maximum absolute atomic E-state index is 12.8. The molecule has 2 unspecified atom stereocenters. The molecule has 0 saturated heterocycles. The summed E-state index contributed by atoms with van der Waals surface area (Å²) in [6.07, 6.45) is 6.59. The number of amides is 1. The lowest BCUT2D eigenvalue weighted by molar-refractivity contribution is 0.0692. The van der Waals surface area contributed by atoms with Crippen molar-refractivity contribution < 1.29 is 9.90 Å². The van der Waals surface area contributed by atoms with Crippen LogP contribution in [0.15, 0.2) is 30.6 Å². The van der Waals surface area contributed by atoms with Crippen molar-refractivity contribution in [2.24, 2.45) is 5.92 Å². The molecule has 2 heterocycles. The van der Waals surface area contributed by atoms with Crippen LogP contribution in [0.4, 0.5) is 0 Å². The molecule has 3 rings (SSSR count). The topological polar surface area (TPSA) is 71.2 Å². The second-order valence-corrected chi connectivity index (χ2v) is 6.40. The number of carbonyl (C=O) groups excluding carboxylic acids is 1. The summed E-state index contributed by atoms with van der Waals surface area (Å²) >= 11 is 0. The number of aromatic nitrogens is 3. The largest absolute Gasteiger partial charge is 0.393 e. The third kappa shape index (κ3) is 3.19. The van der Waals surface area contributed by atoms with E-state index < -0.39 is 0 Å². The molecular weight excluding hydrogens is 304 g/mol. The first-order valence-electron chi connectivity index (χ1n) is 8.53. The number of hydrogen-bond donors (Lipinski definition) is 1. The fraction of sp³-hybridized carbons (Fsp3) is 0.500. The van der Waals surface area contributed by atoms with Crippen LogP contribution in [0, 0.1) is 5.92 Å². The molecule has 6 nitrogen and oxygen atoms in total. The summed E-state index contributed by atoms with van der Waals surface area (Å²) < 4.78 is 1.73. The Bertz CT molecular complexity index is 698. The zero-order valence-electron chi connectivity index (χ0n) is 14.2. The van der Waals surface area contributed by atoms with E-state index in [1.165, 1.54) is 0 Å². The molecule has 0 aliphatic heterocycles. The molecule has 2 aromatic rings. The minimum Gasteiger partial charge on any atom is -0.393 e. The minimum atomic E-state index is -0.290. The van der Waals surface area contributed by atoms with E-state index in [1.807, 2.05) is 25.1 Å². The molecule has 2 aromatic heterocycles. The molecule has 1 amide bonds. The van der Waals surface area contributed by atoms with Crippen molar-refractivity contribution >= 4 is 5.91 Å². The lowest BCUT2D eigenvalue weighted by Crippen LogP contribution is -2.34. The average Bonchev–Trinajstić information content (AvgIpc) is 3.21. The van der Waals surface area contributed by atoms with Crippen LogP contribution < -0.4 is 0 Å². The standard InChI is InChI=1S/C18H24N4O2/c1-3-15-14(11-20-22(15)17-9-4-5-10-19-17)18(24)21(2)12-13-7-6-8-16(13)23/h4-5,9-11,13,16,23H,3,6-8,12H2,1-2H3. The summed E-state index contributed by atoms with van der Waals surface area (Å²) in [7, 11) is 1.80. The van der Waals surface area contributed by atoms with Gasteiger partial charge in [0.25, 0.3) is 5.91 Å². The SMILES string of the molecule is CCc1c(C(=O)N(C)CC2CCCC2O)cnn1-c1ccccn1. The maximum atomic E-state index is 12.8. The van der Waals surface area contributed by atoms with E-state index in [-0.39, 0.29) is 17.9 Å². The Kier molecular flexibility index (Phi) is 4.94. The van der Waals surface area contributed by atoms with Gasteiger partial charge in [-0.1, -0.05) is 19.4 Å². The van der Waals surface area contributed by atoms with E-state index in [0.717, 1.165) is 25.0 Å². The van der Waals surface area contributed by atoms with Gasteiger partial charge in [0.2, 0.25) is 0 Å². The Labute approximate surface area is 142 Å². The van der Waals surface area contributed by atoms with Crippen LogP contribution in [-0.4, -0.2) is 50.4 Å². The Morgan fingerprint density at radius 2 is 2.25 bits per heavy atom. The van der Waals surface area contributed by atoms with Gasteiger partial charge in [-0.05, 0) is 31.4 Å². The van der Waals surface area contributed by atoms with Crippen LogP contribution in [0.25, 0.3) is 5.82 Å². The van der Waals surface area contributed by atoms with Gasteiger partial charge in [0.1, 0.15) is 0 Å². The van der Waals surface area contributed by atoms with Gasteiger partial charge in [0.15, 0.2) is 5.82 Å². The van der Waals surface area contributed by atoms with Crippen molar-refractivity contribution in [2.75, 3.05) is 13.6 Å². The van der Waals surface area contributed by atoms with Crippen LogP contribution in [0.5, 0.6) is 0 Å². The third-order valence-electron chi connectivity index (χ3n) is 4.77. The molecular formula is C18H24N4O2. The lowest BCUT2D eigenvalue weighted by atomic mass is 10.1. The highest BCUT2D eigenvalue weighted by atomic mass is 16.3. The first-order valence-corrected chi connectivity index (χ1v) is 8.53. The molecule has 0 spiro atoms.